The Morgan fingerprint density at radius 3 is 2.24 bits per heavy atom. The zero-order valence-electron chi connectivity index (χ0n) is 11.9. The molecule has 0 radical (unpaired) electrons. The Morgan fingerprint density at radius 1 is 1.10 bits per heavy atom. The number of rotatable bonds is 4. The number of aryl methyl sites for hydroxylation is 2. The average molecular weight is 388 g/mol. The first-order chi connectivity index (χ1) is 9.92. The van der Waals surface area contributed by atoms with E-state index in [1.165, 1.54) is 11.1 Å². The van der Waals surface area contributed by atoms with Crippen molar-refractivity contribution in [1.82, 2.24) is 0 Å². The summed E-state index contributed by atoms with van der Waals surface area (Å²) >= 11 is 15.6. The Balaban J connectivity index is 2.28. The molecule has 0 bridgehead atoms. The first-order valence-corrected chi connectivity index (χ1v) is 8.15. The third-order valence-corrected chi connectivity index (χ3v) is 5.35. The van der Waals surface area contributed by atoms with Crippen molar-refractivity contribution in [3.63, 3.8) is 0 Å². The largest absolute Gasteiger partial charge is 0.377 e. The van der Waals surface area contributed by atoms with E-state index in [0.717, 1.165) is 15.7 Å². The van der Waals surface area contributed by atoms with E-state index in [2.05, 4.69) is 47.2 Å². The molecule has 0 aliphatic rings. The third-order valence-electron chi connectivity index (χ3n) is 3.36. The lowest BCUT2D eigenvalue weighted by Crippen LogP contribution is -2.20. The van der Waals surface area contributed by atoms with Crippen molar-refractivity contribution in [2.75, 3.05) is 11.9 Å². The molecule has 3 N–H and O–H groups in total. The molecule has 0 amide bonds. The van der Waals surface area contributed by atoms with Crippen LogP contribution in [0.4, 0.5) is 5.69 Å². The van der Waals surface area contributed by atoms with Gasteiger partial charge in [-0.1, -0.05) is 45.2 Å². The molecule has 0 aromatic heterocycles. The molecule has 5 heteroatoms. The molecule has 0 saturated heterocycles. The number of hydrogen-bond donors (Lipinski definition) is 2. The van der Waals surface area contributed by atoms with Crippen LogP contribution in [0.1, 0.15) is 22.7 Å². The highest BCUT2D eigenvalue weighted by atomic mass is 79.9. The Labute approximate surface area is 143 Å². The molecule has 0 heterocycles. The van der Waals surface area contributed by atoms with Crippen LogP contribution in [0.3, 0.4) is 0 Å². The maximum Gasteiger partial charge on any atom is 0.0636 e. The molecule has 2 aromatic carbocycles. The van der Waals surface area contributed by atoms with Gasteiger partial charge in [-0.3, -0.25) is 0 Å². The summed E-state index contributed by atoms with van der Waals surface area (Å²) in [7, 11) is 0. The number of benzene rings is 2. The maximum absolute atomic E-state index is 6.08. The molecular formula is C16H17BrCl2N2. The highest BCUT2D eigenvalue weighted by Crippen LogP contribution is 2.29. The molecule has 21 heavy (non-hydrogen) atoms. The van der Waals surface area contributed by atoms with Gasteiger partial charge in [0, 0.05) is 16.7 Å². The predicted molar refractivity (Wildman–Crippen MR) is 95.5 cm³/mol. The van der Waals surface area contributed by atoms with Gasteiger partial charge in [0.1, 0.15) is 0 Å². The van der Waals surface area contributed by atoms with E-state index in [0.29, 0.717) is 16.6 Å². The van der Waals surface area contributed by atoms with Gasteiger partial charge in [-0.15, -0.1) is 0 Å². The number of halogens is 3. The quantitative estimate of drug-likeness (QED) is 0.728. The second kappa shape index (κ2) is 7.01. The van der Waals surface area contributed by atoms with Gasteiger partial charge >= 0.3 is 0 Å². The fourth-order valence-electron chi connectivity index (χ4n) is 2.24. The van der Waals surface area contributed by atoms with E-state index < -0.39 is 0 Å². The lowest BCUT2D eigenvalue weighted by Gasteiger charge is -2.20. The monoisotopic (exact) mass is 386 g/mol. The zero-order chi connectivity index (χ0) is 15.6. The van der Waals surface area contributed by atoms with E-state index in [1.807, 2.05) is 12.1 Å². The summed E-state index contributed by atoms with van der Waals surface area (Å²) in [6.45, 7) is 4.60. The minimum absolute atomic E-state index is 0.0141. The number of nitrogens with two attached hydrogens (primary N) is 1. The van der Waals surface area contributed by atoms with Crippen molar-refractivity contribution in [3.05, 3.63) is 61.5 Å². The van der Waals surface area contributed by atoms with Crippen molar-refractivity contribution < 1.29 is 0 Å². The van der Waals surface area contributed by atoms with Crippen LogP contribution in [-0.2, 0) is 0 Å². The standard InChI is InChI=1S/C16H17BrCl2N2/c1-9-5-12(6-10(2)16(9)17)21-15(8-20)11-3-4-13(18)14(19)7-11/h3-7,15,21H,8,20H2,1-2H3. The average Bonchev–Trinajstić information content (AvgIpc) is 2.45. The minimum atomic E-state index is -0.0141. The van der Waals surface area contributed by atoms with Gasteiger partial charge in [0.15, 0.2) is 0 Å². The van der Waals surface area contributed by atoms with Gasteiger partial charge in [-0.05, 0) is 54.8 Å². The molecule has 2 nitrogen and oxygen atoms in total. The van der Waals surface area contributed by atoms with Crippen molar-refractivity contribution >= 4 is 44.8 Å². The van der Waals surface area contributed by atoms with E-state index >= 15 is 0 Å². The van der Waals surface area contributed by atoms with Gasteiger partial charge in [0.25, 0.3) is 0 Å². The van der Waals surface area contributed by atoms with Crippen molar-refractivity contribution in [2.45, 2.75) is 19.9 Å². The molecule has 112 valence electrons. The highest BCUT2D eigenvalue weighted by molar-refractivity contribution is 9.10. The summed E-state index contributed by atoms with van der Waals surface area (Å²) in [4.78, 5) is 0. The topological polar surface area (TPSA) is 38.0 Å². The second-order valence-electron chi connectivity index (χ2n) is 5.03. The Hall–Kier alpha value is -0.740. The van der Waals surface area contributed by atoms with Gasteiger partial charge in [0.05, 0.1) is 16.1 Å². The maximum atomic E-state index is 6.08. The van der Waals surface area contributed by atoms with Gasteiger partial charge in [-0.25, -0.2) is 0 Å². The SMILES string of the molecule is Cc1cc(NC(CN)c2ccc(Cl)c(Cl)c2)cc(C)c1Br. The Bertz CT molecular complexity index is 636. The molecular weight excluding hydrogens is 371 g/mol. The second-order valence-corrected chi connectivity index (χ2v) is 6.64. The predicted octanol–water partition coefficient (Wildman–Crippen LogP) is 5.48. The lowest BCUT2D eigenvalue weighted by molar-refractivity contribution is 0.789. The normalized spacial score (nSPS) is 12.3. The third kappa shape index (κ3) is 3.92. The van der Waals surface area contributed by atoms with Crippen molar-refractivity contribution in [2.24, 2.45) is 5.73 Å². The van der Waals surface area contributed by atoms with Gasteiger partial charge < -0.3 is 11.1 Å². The molecule has 2 rings (SSSR count). The van der Waals surface area contributed by atoms with E-state index in [-0.39, 0.29) is 6.04 Å². The first-order valence-electron chi connectivity index (χ1n) is 6.60. The van der Waals surface area contributed by atoms with Crippen LogP contribution in [-0.4, -0.2) is 6.54 Å². The van der Waals surface area contributed by atoms with Crippen LogP contribution in [0.15, 0.2) is 34.8 Å². The first kappa shape index (κ1) is 16.6. The van der Waals surface area contributed by atoms with Crippen LogP contribution >= 0.6 is 39.1 Å². The summed E-state index contributed by atoms with van der Waals surface area (Å²) in [6, 6.07) is 9.76. The van der Waals surface area contributed by atoms with Crippen molar-refractivity contribution in [3.8, 4) is 0 Å². The van der Waals surface area contributed by atoms with Crippen molar-refractivity contribution in [1.29, 1.82) is 0 Å². The smallest absolute Gasteiger partial charge is 0.0636 e. The molecule has 2 aromatic rings. The van der Waals surface area contributed by atoms with E-state index in [1.54, 1.807) is 6.07 Å². The molecule has 0 fully saturated rings. The fraction of sp³-hybridized carbons (Fsp3) is 0.250. The highest BCUT2D eigenvalue weighted by Gasteiger charge is 2.12. The molecule has 1 unspecified atom stereocenters. The van der Waals surface area contributed by atoms with E-state index in [9.17, 15) is 0 Å². The van der Waals surface area contributed by atoms with Crippen LogP contribution in [0.5, 0.6) is 0 Å². The summed E-state index contributed by atoms with van der Waals surface area (Å²) in [5, 5.41) is 4.54. The van der Waals surface area contributed by atoms with Crippen LogP contribution in [0, 0.1) is 13.8 Å². The molecule has 0 aliphatic carbocycles. The molecule has 0 saturated carbocycles. The van der Waals surface area contributed by atoms with Crippen LogP contribution < -0.4 is 11.1 Å². The zero-order valence-corrected chi connectivity index (χ0v) is 15.0. The summed E-state index contributed by atoms with van der Waals surface area (Å²) in [5.41, 5.74) is 10.3. The number of hydrogen-bond acceptors (Lipinski definition) is 2. The fourth-order valence-corrected chi connectivity index (χ4v) is 2.77. The lowest BCUT2D eigenvalue weighted by atomic mass is 10.1. The summed E-state index contributed by atoms with van der Waals surface area (Å²) < 4.78 is 1.13. The van der Waals surface area contributed by atoms with Crippen LogP contribution in [0.25, 0.3) is 0 Å². The van der Waals surface area contributed by atoms with Gasteiger partial charge in [-0.2, -0.15) is 0 Å². The number of anilines is 1. The Morgan fingerprint density at radius 2 is 1.71 bits per heavy atom. The summed E-state index contributed by atoms with van der Waals surface area (Å²) in [6.07, 6.45) is 0. The molecule has 1 atom stereocenters. The molecule has 0 spiro atoms. The minimum Gasteiger partial charge on any atom is -0.377 e. The van der Waals surface area contributed by atoms with Gasteiger partial charge in [0.2, 0.25) is 0 Å². The summed E-state index contributed by atoms with van der Waals surface area (Å²) in [5.74, 6) is 0. The van der Waals surface area contributed by atoms with E-state index in [4.69, 9.17) is 28.9 Å². The Kier molecular flexibility index (Phi) is 5.55. The van der Waals surface area contributed by atoms with Crippen LogP contribution in [0.2, 0.25) is 10.0 Å². The number of nitrogens with one attached hydrogen (secondary N) is 1. The molecule has 0 aliphatic heterocycles.